The normalized spacial score (nSPS) is 14.6. The summed E-state index contributed by atoms with van der Waals surface area (Å²) in [6, 6.07) is 13.6. The van der Waals surface area contributed by atoms with Crippen molar-refractivity contribution in [1.29, 1.82) is 0 Å². The molecule has 0 aromatic heterocycles. The fraction of sp³-hybridized carbons (Fsp3) is 0.320. The summed E-state index contributed by atoms with van der Waals surface area (Å²) in [6.07, 6.45) is 0.305. The van der Waals surface area contributed by atoms with Gasteiger partial charge in [-0.25, -0.2) is 4.79 Å². The van der Waals surface area contributed by atoms with Crippen molar-refractivity contribution in [3.05, 3.63) is 71.3 Å². The number of imide groups is 1. The molecule has 0 aliphatic carbocycles. The molecule has 1 N–H and O–H groups in total. The van der Waals surface area contributed by atoms with Crippen molar-refractivity contribution in [1.82, 2.24) is 10.2 Å². The molecule has 3 rings (SSSR count). The Morgan fingerprint density at radius 2 is 1.45 bits per heavy atom. The SMILES string of the molecule is CC(=O)[C@@H](Cc1ccccc1)NC(=O)COC(=O)[C@H](C(C)C)N1C(=O)c2ccccc2C1=O. The Balaban J connectivity index is 1.64. The third kappa shape index (κ3) is 5.34. The maximum Gasteiger partial charge on any atom is 0.330 e. The Labute approximate surface area is 191 Å². The molecule has 2 aromatic rings. The van der Waals surface area contributed by atoms with E-state index in [0.29, 0.717) is 6.42 Å². The van der Waals surface area contributed by atoms with Gasteiger partial charge in [0, 0.05) is 0 Å². The lowest BCUT2D eigenvalue weighted by molar-refractivity contribution is -0.153. The number of hydrogen-bond acceptors (Lipinski definition) is 6. The molecule has 0 fully saturated rings. The second-order valence-electron chi connectivity index (χ2n) is 8.24. The van der Waals surface area contributed by atoms with Crippen LogP contribution in [0.2, 0.25) is 0 Å². The van der Waals surface area contributed by atoms with Crippen LogP contribution in [0.1, 0.15) is 47.1 Å². The number of ether oxygens (including phenoxy) is 1. The molecule has 0 unspecified atom stereocenters. The summed E-state index contributed by atoms with van der Waals surface area (Å²) in [4.78, 5) is 63.6. The van der Waals surface area contributed by atoms with Crippen LogP contribution < -0.4 is 5.32 Å². The van der Waals surface area contributed by atoms with Crippen LogP contribution in [0, 0.1) is 5.92 Å². The van der Waals surface area contributed by atoms with Crippen LogP contribution in [-0.4, -0.2) is 53.1 Å². The molecule has 0 radical (unpaired) electrons. The Kier molecular flexibility index (Phi) is 7.37. The smallest absolute Gasteiger partial charge is 0.330 e. The van der Waals surface area contributed by atoms with Gasteiger partial charge in [-0.05, 0) is 37.0 Å². The van der Waals surface area contributed by atoms with Crippen LogP contribution in [0.15, 0.2) is 54.6 Å². The van der Waals surface area contributed by atoms with E-state index in [1.165, 1.54) is 19.1 Å². The monoisotopic (exact) mass is 450 g/mol. The minimum atomic E-state index is -1.18. The number of Topliss-reactive ketones (excluding diaryl/α,β-unsaturated/α-hetero) is 1. The fourth-order valence-electron chi connectivity index (χ4n) is 3.74. The van der Waals surface area contributed by atoms with Gasteiger partial charge in [0.2, 0.25) is 0 Å². The predicted molar refractivity (Wildman–Crippen MR) is 119 cm³/mol. The van der Waals surface area contributed by atoms with E-state index in [4.69, 9.17) is 4.74 Å². The molecular formula is C25H26N2O6. The maximum atomic E-state index is 12.8. The number of esters is 1. The van der Waals surface area contributed by atoms with Crippen LogP contribution in [0.25, 0.3) is 0 Å². The van der Waals surface area contributed by atoms with Crippen LogP contribution in [0.4, 0.5) is 0 Å². The number of fused-ring (bicyclic) bond motifs is 1. The first kappa shape index (κ1) is 23.8. The minimum absolute atomic E-state index is 0.226. The van der Waals surface area contributed by atoms with E-state index >= 15 is 0 Å². The Bertz CT molecular complexity index is 1040. The van der Waals surface area contributed by atoms with E-state index in [9.17, 15) is 24.0 Å². The molecule has 0 bridgehead atoms. The fourth-order valence-corrected chi connectivity index (χ4v) is 3.74. The summed E-state index contributed by atoms with van der Waals surface area (Å²) in [5, 5.41) is 2.58. The van der Waals surface area contributed by atoms with Crippen molar-refractivity contribution in [2.45, 2.75) is 39.3 Å². The van der Waals surface area contributed by atoms with Crippen molar-refractivity contribution in [2.75, 3.05) is 6.61 Å². The highest BCUT2D eigenvalue weighted by Crippen LogP contribution is 2.27. The van der Waals surface area contributed by atoms with Gasteiger partial charge in [0.25, 0.3) is 17.7 Å². The number of amides is 3. The Hall–Kier alpha value is -3.81. The maximum absolute atomic E-state index is 12.8. The zero-order valence-electron chi connectivity index (χ0n) is 18.7. The van der Waals surface area contributed by atoms with Crippen LogP contribution in [-0.2, 0) is 25.5 Å². The highest BCUT2D eigenvalue weighted by Gasteiger charge is 2.44. The molecule has 3 amide bonds. The first-order valence-corrected chi connectivity index (χ1v) is 10.7. The molecule has 8 nitrogen and oxygen atoms in total. The zero-order chi connectivity index (χ0) is 24.1. The molecule has 2 atom stereocenters. The van der Waals surface area contributed by atoms with Gasteiger partial charge in [0.05, 0.1) is 17.2 Å². The standard InChI is InChI=1S/C25H26N2O6/c1-15(2)22(27-23(30)18-11-7-8-12-19(18)24(27)31)25(32)33-14-21(29)26-20(16(3)28)13-17-9-5-4-6-10-17/h4-12,15,20,22H,13-14H2,1-3H3,(H,26,29)/t20-,22+/m1/s1. The predicted octanol–water partition coefficient (Wildman–Crippen LogP) is 2.17. The van der Waals surface area contributed by atoms with E-state index in [2.05, 4.69) is 5.32 Å². The topological polar surface area (TPSA) is 110 Å². The van der Waals surface area contributed by atoms with Crippen LogP contribution in [0.3, 0.4) is 0 Å². The first-order valence-electron chi connectivity index (χ1n) is 10.7. The van der Waals surface area contributed by atoms with E-state index in [-0.39, 0.29) is 16.9 Å². The molecule has 0 saturated heterocycles. The Morgan fingerprint density at radius 1 is 0.909 bits per heavy atom. The first-order chi connectivity index (χ1) is 15.7. The number of rotatable bonds is 9. The lowest BCUT2D eigenvalue weighted by atomic mass is 10.0. The van der Waals surface area contributed by atoms with Crippen molar-refractivity contribution in [3.63, 3.8) is 0 Å². The van der Waals surface area contributed by atoms with E-state index in [1.807, 2.05) is 30.3 Å². The number of carbonyl (C=O) groups excluding carboxylic acids is 5. The largest absolute Gasteiger partial charge is 0.454 e. The van der Waals surface area contributed by atoms with Crippen molar-refractivity contribution in [3.8, 4) is 0 Å². The summed E-state index contributed by atoms with van der Waals surface area (Å²) in [5.41, 5.74) is 1.33. The van der Waals surface area contributed by atoms with Gasteiger partial charge in [-0.2, -0.15) is 0 Å². The van der Waals surface area contributed by atoms with Crippen LogP contribution >= 0.6 is 0 Å². The van der Waals surface area contributed by atoms with E-state index in [1.54, 1.807) is 26.0 Å². The summed E-state index contributed by atoms with van der Waals surface area (Å²) in [6.45, 7) is 4.10. The molecule has 0 saturated carbocycles. The molecule has 0 spiro atoms. The van der Waals surface area contributed by atoms with Gasteiger partial charge < -0.3 is 10.1 Å². The average Bonchev–Trinajstić information content (AvgIpc) is 3.03. The zero-order valence-corrected chi connectivity index (χ0v) is 18.7. The molecular weight excluding hydrogens is 424 g/mol. The van der Waals surface area contributed by atoms with Gasteiger partial charge in [-0.3, -0.25) is 24.1 Å². The summed E-state index contributed by atoms with van der Waals surface area (Å²) in [5.74, 6) is -3.33. The van der Waals surface area contributed by atoms with Crippen molar-refractivity contribution in [2.24, 2.45) is 5.92 Å². The summed E-state index contributed by atoms with van der Waals surface area (Å²) < 4.78 is 5.16. The third-order valence-corrected chi connectivity index (χ3v) is 5.43. The molecule has 2 aromatic carbocycles. The quantitative estimate of drug-likeness (QED) is 0.463. The van der Waals surface area contributed by atoms with Crippen molar-refractivity contribution >= 4 is 29.5 Å². The third-order valence-electron chi connectivity index (χ3n) is 5.43. The molecule has 1 heterocycles. The summed E-state index contributed by atoms with van der Waals surface area (Å²) >= 11 is 0. The highest BCUT2D eigenvalue weighted by atomic mass is 16.5. The number of nitrogens with one attached hydrogen (secondary N) is 1. The minimum Gasteiger partial charge on any atom is -0.454 e. The molecule has 1 aliphatic rings. The molecule has 33 heavy (non-hydrogen) atoms. The van der Waals surface area contributed by atoms with Gasteiger partial charge in [-0.1, -0.05) is 56.3 Å². The molecule has 1 aliphatic heterocycles. The number of benzene rings is 2. The van der Waals surface area contributed by atoms with Gasteiger partial charge >= 0.3 is 5.97 Å². The number of carbonyl (C=O) groups is 5. The van der Waals surface area contributed by atoms with Crippen LogP contribution in [0.5, 0.6) is 0 Å². The lowest BCUT2D eigenvalue weighted by Gasteiger charge is -2.27. The van der Waals surface area contributed by atoms with Gasteiger partial charge in [-0.15, -0.1) is 0 Å². The van der Waals surface area contributed by atoms with Gasteiger partial charge in [0.1, 0.15) is 6.04 Å². The number of ketones is 1. The van der Waals surface area contributed by atoms with Gasteiger partial charge in [0.15, 0.2) is 12.4 Å². The molecule has 172 valence electrons. The highest BCUT2D eigenvalue weighted by molar-refractivity contribution is 6.22. The van der Waals surface area contributed by atoms with E-state index < -0.39 is 48.3 Å². The lowest BCUT2D eigenvalue weighted by Crippen LogP contribution is -2.49. The van der Waals surface area contributed by atoms with Crippen molar-refractivity contribution < 1.29 is 28.7 Å². The summed E-state index contributed by atoms with van der Waals surface area (Å²) in [7, 11) is 0. The Morgan fingerprint density at radius 3 is 1.97 bits per heavy atom. The second-order valence-corrected chi connectivity index (χ2v) is 8.24. The number of hydrogen-bond donors (Lipinski definition) is 1. The molecule has 8 heteroatoms. The number of nitrogens with zero attached hydrogens (tertiary/aromatic N) is 1. The van der Waals surface area contributed by atoms with E-state index in [0.717, 1.165) is 10.5 Å². The second kappa shape index (κ2) is 10.2. The average molecular weight is 450 g/mol.